The SMILES string of the molecule is CC(C)NCc1ccc(Sc2cccc(Br)c2)nc1. The molecule has 4 heteroatoms. The highest BCUT2D eigenvalue weighted by Crippen LogP contribution is 2.27. The van der Waals surface area contributed by atoms with E-state index in [1.807, 2.05) is 18.3 Å². The molecule has 0 amide bonds. The predicted molar refractivity (Wildman–Crippen MR) is 84.5 cm³/mol. The highest BCUT2D eigenvalue weighted by atomic mass is 79.9. The second-order valence-corrected chi connectivity index (χ2v) is 6.61. The van der Waals surface area contributed by atoms with Gasteiger partial charge in [-0.2, -0.15) is 0 Å². The highest BCUT2D eigenvalue weighted by molar-refractivity contribution is 9.10. The highest BCUT2D eigenvalue weighted by Gasteiger charge is 2.01. The van der Waals surface area contributed by atoms with Crippen molar-refractivity contribution in [1.82, 2.24) is 10.3 Å². The number of aromatic nitrogens is 1. The Balaban J connectivity index is 1.98. The minimum atomic E-state index is 0.496. The van der Waals surface area contributed by atoms with Gasteiger partial charge in [0.2, 0.25) is 0 Å². The molecule has 2 nitrogen and oxygen atoms in total. The molecule has 0 atom stereocenters. The first-order chi connectivity index (χ1) is 9.13. The number of pyridine rings is 1. The van der Waals surface area contributed by atoms with E-state index in [4.69, 9.17) is 0 Å². The lowest BCUT2D eigenvalue weighted by atomic mass is 10.2. The first kappa shape index (κ1) is 14.6. The van der Waals surface area contributed by atoms with Crippen molar-refractivity contribution < 1.29 is 0 Å². The maximum Gasteiger partial charge on any atom is 0.101 e. The lowest BCUT2D eigenvalue weighted by Crippen LogP contribution is -2.21. The Morgan fingerprint density at radius 3 is 2.74 bits per heavy atom. The smallest absolute Gasteiger partial charge is 0.101 e. The van der Waals surface area contributed by atoms with Crippen LogP contribution in [0.2, 0.25) is 0 Å². The van der Waals surface area contributed by atoms with E-state index in [1.165, 1.54) is 10.5 Å². The average Bonchev–Trinajstić information content (AvgIpc) is 2.38. The Morgan fingerprint density at radius 2 is 2.11 bits per heavy atom. The van der Waals surface area contributed by atoms with Crippen LogP contribution in [0.25, 0.3) is 0 Å². The molecular formula is C15H17BrN2S. The van der Waals surface area contributed by atoms with Gasteiger partial charge < -0.3 is 5.32 Å². The van der Waals surface area contributed by atoms with Crippen molar-refractivity contribution in [2.24, 2.45) is 0 Å². The van der Waals surface area contributed by atoms with Gasteiger partial charge in [0, 0.05) is 28.2 Å². The molecule has 1 heterocycles. The largest absolute Gasteiger partial charge is 0.310 e. The summed E-state index contributed by atoms with van der Waals surface area (Å²) >= 11 is 5.15. The Hall–Kier alpha value is -0.840. The molecule has 0 radical (unpaired) electrons. The molecule has 0 fully saturated rings. The van der Waals surface area contributed by atoms with Gasteiger partial charge in [0.05, 0.1) is 0 Å². The van der Waals surface area contributed by atoms with Crippen molar-refractivity contribution in [1.29, 1.82) is 0 Å². The number of hydrogen-bond acceptors (Lipinski definition) is 3. The molecule has 1 N–H and O–H groups in total. The minimum absolute atomic E-state index is 0.496. The quantitative estimate of drug-likeness (QED) is 0.870. The molecular weight excluding hydrogens is 320 g/mol. The summed E-state index contributed by atoms with van der Waals surface area (Å²) in [6.07, 6.45) is 1.94. The monoisotopic (exact) mass is 336 g/mol. The molecule has 0 bridgehead atoms. The molecule has 0 aliphatic rings. The van der Waals surface area contributed by atoms with Crippen molar-refractivity contribution in [2.75, 3.05) is 0 Å². The van der Waals surface area contributed by atoms with Gasteiger partial charge in [0.25, 0.3) is 0 Å². The van der Waals surface area contributed by atoms with Gasteiger partial charge in [0.1, 0.15) is 5.03 Å². The zero-order valence-corrected chi connectivity index (χ0v) is 13.5. The lowest BCUT2D eigenvalue weighted by molar-refractivity contribution is 0.587. The van der Waals surface area contributed by atoms with Crippen molar-refractivity contribution in [3.63, 3.8) is 0 Å². The molecule has 2 rings (SSSR count). The molecule has 1 aromatic heterocycles. The summed E-state index contributed by atoms with van der Waals surface area (Å²) < 4.78 is 1.09. The number of hydrogen-bond donors (Lipinski definition) is 1. The van der Waals surface area contributed by atoms with E-state index in [0.717, 1.165) is 16.0 Å². The molecule has 2 aromatic rings. The van der Waals surface area contributed by atoms with Gasteiger partial charge in [-0.1, -0.05) is 53.7 Å². The fourth-order valence-corrected chi connectivity index (χ4v) is 2.92. The van der Waals surface area contributed by atoms with E-state index in [0.29, 0.717) is 6.04 Å². The van der Waals surface area contributed by atoms with E-state index < -0.39 is 0 Å². The van der Waals surface area contributed by atoms with Crippen LogP contribution in [0.5, 0.6) is 0 Å². The molecule has 100 valence electrons. The lowest BCUT2D eigenvalue weighted by Gasteiger charge is -2.08. The van der Waals surface area contributed by atoms with Gasteiger partial charge in [0.15, 0.2) is 0 Å². The third kappa shape index (κ3) is 4.97. The molecule has 0 aliphatic carbocycles. The first-order valence-corrected chi connectivity index (χ1v) is 7.86. The van der Waals surface area contributed by atoms with Crippen molar-refractivity contribution in [3.8, 4) is 0 Å². The average molecular weight is 337 g/mol. The maximum absolute atomic E-state index is 4.49. The number of nitrogens with zero attached hydrogens (tertiary/aromatic N) is 1. The molecule has 0 aliphatic heterocycles. The van der Waals surface area contributed by atoms with E-state index in [2.05, 4.69) is 64.3 Å². The first-order valence-electron chi connectivity index (χ1n) is 6.25. The Labute approximate surface area is 127 Å². The van der Waals surface area contributed by atoms with Gasteiger partial charge in [-0.3, -0.25) is 0 Å². The van der Waals surface area contributed by atoms with E-state index >= 15 is 0 Å². The Bertz CT molecular complexity index is 526. The second-order valence-electron chi connectivity index (χ2n) is 4.60. The van der Waals surface area contributed by atoms with Gasteiger partial charge >= 0.3 is 0 Å². The van der Waals surface area contributed by atoms with Crippen LogP contribution in [0.3, 0.4) is 0 Å². The Kier molecular flexibility index (Phi) is 5.43. The fourth-order valence-electron chi connectivity index (χ4n) is 1.55. The second kappa shape index (κ2) is 7.08. The van der Waals surface area contributed by atoms with Crippen molar-refractivity contribution in [2.45, 2.75) is 36.4 Å². The van der Waals surface area contributed by atoms with E-state index in [1.54, 1.807) is 11.8 Å². The standard InChI is InChI=1S/C15H17BrN2S/c1-11(2)17-9-12-6-7-15(18-10-12)19-14-5-3-4-13(16)8-14/h3-8,10-11,17H,9H2,1-2H3. The number of rotatable bonds is 5. The number of benzene rings is 1. The predicted octanol–water partition coefficient (Wildman–Crippen LogP) is 4.49. The molecule has 0 unspecified atom stereocenters. The van der Waals surface area contributed by atoms with Crippen LogP contribution in [0.15, 0.2) is 57.0 Å². The Morgan fingerprint density at radius 1 is 1.26 bits per heavy atom. The van der Waals surface area contributed by atoms with E-state index in [9.17, 15) is 0 Å². The van der Waals surface area contributed by atoms with Crippen molar-refractivity contribution >= 4 is 27.7 Å². The fraction of sp³-hybridized carbons (Fsp3) is 0.267. The van der Waals surface area contributed by atoms with Gasteiger partial charge in [-0.25, -0.2) is 4.98 Å². The summed E-state index contributed by atoms with van der Waals surface area (Å²) in [6.45, 7) is 5.16. The maximum atomic E-state index is 4.49. The normalized spacial score (nSPS) is 10.9. The third-order valence-corrected chi connectivity index (χ3v) is 3.96. The summed E-state index contributed by atoms with van der Waals surface area (Å²) in [5.41, 5.74) is 1.22. The number of halogens is 1. The van der Waals surface area contributed by atoms with Crippen LogP contribution in [-0.4, -0.2) is 11.0 Å². The summed E-state index contributed by atoms with van der Waals surface area (Å²) in [4.78, 5) is 5.68. The van der Waals surface area contributed by atoms with Gasteiger partial charge in [-0.05, 0) is 29.8 Å². The van der Waals surface area contributed by atoms with Gasteiger partial charge in [-0.15, -0.1) is 0 Å². The van der Waals surface area contributed by atoms with Crippen LogP contribution in [0, 0.1) is 0 Å². The minimum Gasteiger partial charge on any atom is -0.310 e. The van der Waals surface area contributed by atoms with Crippen LogP contribution in [0.1, 0.15) is 19.4 Å². The number of nitrogens with one attached hydrogen (secondary N) is 1. The molecule has 0 saturated carbocycles. The summed E-state index contributed by atoms with van der Waals surface area (Å²) in [5.74, 6) is 0. The van der Waals surface area contributed by atoms with Crippen LogP contribution >= 0.6 is 27.7 Å². The topological polar surface area (TPSA) is 24.9 Å². The van der Waals surface area contributed by atoms with E-state index in [-0.39, 0.29) is 0 Å². The van der Waals surface area contributed by atoms with Crippen molar-refractivity contribution in [3.05, 3.63) is 52.6 Å². The molecule has 0 spiro atoms. The third-order valence-electron chi connectivity index (χ3n) is 2.53. The molecule has 0 saturated heterocycles. The summed E-state index contributed by atoms with van der Waals surface area (Å²) in [5, 5.41) is 4.41. The molecule has 1 aromatic carbocycles. The molecule has 19 heavy (non-hydrogen) atoms. The zero-order valence-electron chi connectivity index (χ0n) is 11.1. The summed E-state index contributed by atoms with van der Waals surface area (Å²) in [7, 11) is 0. The van der Waals surface area contributed by atoms with Crippen LogP contribution in [0.4, 0.5) is 0 Å². The zero-order chi connectivity index (χ0) is 13.7. The van der Waals surface area contributed by atoms with Crippen LogP contribution in [-0.2, 0) is 6.54 Å². The van der Waals surface area contributed by atoms with Crippen LogP contribution < -0.4 is 5.32 Å². The summed E-state index contributed by atoms with van der Waals surface area (Å²) in [6, 6.07) is 12.9.